The van der Waals surface area contributed by atoms with Gasteiger partial charge < -0.3 is 109 Å². The first-order valence-corrected chi connectivity index (χ1v) is 52.3. The minimum atomic E-state index is -0.102. The number of aliphatic hydroxyl groups excluding tert-OH is 5. The fourth-order valence-corrected chi connectivity index (χ4v) is 19.8. The fraction of sp³-hybridized carbons (Fsp3) is 0.418. The van der Waals surface area contributed by atoms with Crippen LogP contribution in [0.15, 0.2) is 206 Å². The molecular weight excluding hydrogens is 2170 g/mol. The van der Waals surface area contributed by atoms with Crippen LogP contribution in [-0.2, 0) is 37.5 Å². The zero-order chi connectivity index (χ0) is 101. The lowest BCUT2D eigenvalue weighted by Gasteiger charge is -2.36. The number of aliphatic hydroxyl groups is 5. The van der Waals surface area contributed by atoms with Crippen molar-refractivity contribution >= 4 is 178 Å². The van der Waals surface area contributed by atoms with Gasteiger partial charge in [0.15, 0.2) is 77.8 Å². The highest BCUT2D eigenvalue weighted by molar-refractivity contribution is 9.11. The number of piperidine rings is 2. The number of pyridine rings is 4. The first-order valence-electron chi connectivity index (χ1n) is 48.4. The van der Waals surface area contributed by atoms with E-state index in [1.54, 1.807) is 90.2 Å². The van der Waals surface area contributed by atoms with Gasteiger partial charge in [-0.1, -0.05) is 51.7 Å². The number of hydrogen-bond acceptors (Lipinski definition) is 31. The van der Waals surface area contributed by atoms with Crippen LogP contribution in [0.5, 0.6) is 0 Å². The van der Waals surface area contributed by atoms with E-state index in [2.05, 4.69) is 168 Å². The maximum absolute atomic E-state index is 11.9. The number of amides is 1. The zero-order valence-electron chi connectivity index (χ0n) is 80.5. The molecule has 764 valence electrons. The second kappa shape index (κ2) is 51.5. The molecule has 0 bridgehead atoms. The third-order valence-electron chi connectivity index (χ3n) is 25.6. The highest BCUT2D eigenvalue weighted by Crippen LogP contribution is 2.37. The summed E-state index contributed by atoms with van der Waals surface area (Å²) in [6, 6.07) is 32.8. The maximum atomic E-state index is 11.9. The molecule has 46 heteroatoms. The Kier molecular flexibility index (Phi) is 37.9. The fourth-order valence-electron chi connectivity index (χ4n) is 18.1. The van der Waals surface area contributed by atoms with Crippen LogP contribution >= 0.6 is 79.6 Å². The Labute approximate surface area is 874 Å². The lowest BCUT2D eigenvalue weighted by Crippen LogP contribution is -2.40. The molecule has 41 nitrogen and oxygen atoms in total. The van der Waals surface area contributed by atoms with Crippen molar-refractivity contribution in [1.29, 1.82) is 0 Å². The normalized spacial score (nSPS) is 17.1. The Balaban J connectivity index is 0.000000136. The standard InChI is InChI=1S/C22H30BrN7O2.4C19H23BrN6O2/c1-14(2)18(13-31)27-19-9-20(30-22(28-19)17(23)11-25-30)24-10-15-5-7-16(8-6-15)26-21(32)12-29(3)4;2*20-16-12-22-26-17(21-11-14-4-3-7-24(28)13-14)10-18(23-19(16)26)25-8-2-1-5-15(25)6-9-27;2*20-15-10-22-26-18(21-9-13-4-3-7-25(28)11-13)8-17(24-19(15)26)23-16-6-2-1-5-14(16)12-27/h5-9,11,14,18,24,31H,10,12-13H2,1-4H3,(H,26,32)(H,27,28);2*3-4,7,10,12-13,15,21,27H,1-2,5-6,8-9,11H2;2*3-4,7-8,10-11,14,16,21,27H,1-2,5-6,9,12H2,(H,23,24)/t18-;2*15-;2*14-,16-/m11010/s1. The van der Waals surface area contributed by atoms with Crippen molar-refractivity contribution in [3.8, 4) is 0 Å². The lowest BCUT2D eigenvalue weighted by molar-refractivity contribution is -0.606. The lowest BCUT2D eigenvalue weighted by atomic mass is 9.85. The number of carbonyl (C=O) groups excluding carboxylic acids is 1. The molecule has 14 aromatic heterocycles. The quantitative estimate of drug-likeness (QED) is 0.0132. The van der Waals surface area contributed by atoms with E-state index in [4.69, 9.17) is 19.9 Å². The molecule has 1 aromatic carbocycles. The monoisotopic (exact) mass is 2290 g/mol. The molecule has 0 spiro atoms. The molecule has 0 unspecified atom stereocenters. The molecule has 19 rings (SSSR count). The first-order chi connectivity index (χ1) is 69.8. The van der Waals surface area contributed by atoms with E-state index in [9.17, 15) is 51.2 Å². The molecule has 2 saturated heterocycles. The molecule has 4 fully saturated rings. The number of carbonyl (C=O) groups is 1. The topological polar surface area (TPSA) is 495 Å². The van der Waals surface area contributed by atoms with Gasteiger partial charge in [0.2, 0.25) is 5.91 Å². The number of halogens is 5. The number of nitrogens with zero attached hydrogens (tertiary/aromatic N) is 22. The molecule has 16 heterocycles. The van der Waals surface area contributed by atoms with Crippen LogP contribution in [0.25, 0.3) is 28.2 Å². The number of aromatic nitrogens is 19. The van der Waals surface area contributed by atoms with Gasteiger partial charge in [-0.25, -0.2) is 24.9 Å². The third-order valence-corrected chi connectivity index (χ3v) is 28.4. The Bertz CT molecular complexity index is 6420. The molecule has 2 aliphatic heterocycles. The highest BCUT2D eigenvalue weighted by atomic mass is 79.9. The second-order valence-corrected chi connectivity index (χ2v) is 40.9. The van der Waals surface area contributed by atoms with Crippen LogP contribution in [-0.4, -0.2) is 206 Å². The third kappa shape index (κ3) is 28.3. The van der Waals surface area contributed by atoms with Gasteiger partial charge in [0, 0.05) is 191 Å². The van der Waals surface area contributed by atoms with Gasteiger partial charge >= 0.3 is 0 Å². The average Bonchev–Trinajstić information content (AvgIpc) is 1.56. The molecule has 144 heavy (non-hydrogen) atoms. The van der Waals surface area contributed by atoms with Crippen molar-refractivity contribution in [2.45, 2.75) is 180 Å². The van der Waals surface area contributed by atoms with E-state index in [1.807, 2.05) is 112 Å². The zero-order valence-corrected chi connectivity index (χ0v) is 88.4. The van der Waals surface area contributed by atoms with Gasteiger partial charge in [-0.3, -0.25) is 4.79 Å². The summed E-state index contributed by atoms with van der Waals surface area (Å²) in [4.78, 5) is 42.0. The molecule has 4 aliphatic rings. The minimum Gasteiger partial charge on any atom is -0.619 e. The molecule has 1 amide bonds. The summed E-state index contributed by atoms with van der Waals surface area (Å²) in [5.41, 5.74) is 8.88. The van der Waals surface area contributed by atoms with Gasteiger partial charge in [-0.2, -0.15) is 67.0 Å². The Morgan fingerprint density at radius 2 is 0.750 bits per heavy atom. The van der Waals surface area contributed by atoms with Crippen LogP contribution in [0.3, 0.4) is 0 Å². The number of rotatable bonds is 34. The molecule has 0 radical (unpaired) electrons. The maximum Gasteiger partial charge on any atom is 0.238 e. The summed E-state index contributed by atoms with van der Waals surface area (Å²) in [7, 11) is 3.71. The van der Waals surface area contributed by atoms with Crippen LogP contribution in [0.4, 0.5) is 63.9 Å². The Hall–Kier alpha value is -12.3. The van der Waals surface area contributed by atoms with Crippen molar-refractivity contribution in [3.63, 3.8) is 0 Å². The number of hydrogen-bond donors (Lipinski definition) is 14. The number of likely N-dealkylation sites (N-methyl/N-ethyl adjacent to an activating group) is 1. The van der Waals surface area contributed by atoms with Crippen LogP contribution in [0.2, 0.25) is 0 Å². The molecular formula is C98H122Br5N31O10. The largest absolute Gasteiger partial charge is 0.619 e. The molecule has 15 aromatic rings. The van der Waals surface area contributed by atoms with Crippen molar-refractivity contribution < 1.29 is 49.2 Å². The van der Waals surface area contributed by atoms with E-state index >= 15 is 0 Å². The Morgan fingerprint density at radius 1 is 0.424 bits per heavy atom. The van der Waals surface area contributed by atoms with E-state index in [0.717, 1.165) is 241 Å². The van der Waals surface area contributed by atoms with E-state index in [-0.39, 0.29) is 86.9 Å². The Morgan fingerprint density at radius 3 is 1.08 bits per heavy atom. The van der Waals surface area contributed by atoms with Crippen LogP contribution < -0.4 is 76.6 Å². The number of anilines is 11. The summed E-state index contributed by atoms with van der Waals surface area (Å²) in [5.74, 6) is 8.52. The van der Waals surface area contributed by atoms with Crippen LogP contribution in [0, 0.1) is 38.6 Å². The van der Waals surface area contributed by atoms with E-state index in [0.29, 0.717) is 62.0 Å². The molecule has 7 atom stereocenters. The average molecular weight is 2290 g/mol. The van der Waals surface area contributed by atoms with Gasteiger partial charge in [0.05, 0.1) is 72.5 Å². The summed E-state index contributed by atoms with van der Waals surface area (Å²) in [5, 5.41) is 146. The molecule has 2 aliphatic carbocycles. The number of benzene rings is 1. The van der Waals surface area contributed by atoms with Crippen molar-refractivity contribution in [2.75, 3.05) is 124 Å². The van der Waals surface area contributed by atoms with Crippen molar-refractivity contribution in [2.24, 2.45) is 17.8 Å². The summed E-state index contributed by atoms with van der Waals surface area (Å²) < 4.78 is 15.9. The van der Waals surface area contributed by atoms with Gasteiger partial charge in [-0.05, 0) is 219 Å². The second-order valence-electron chi connectivity index (χ2n) is 36.6. The summed E-state index contributed by atoms with van der Waals surface area (Å²) in [6.45, 7) is 9.56. The predicted molar refractivity (Wildman–Crippen MR) is 571 cm³/mol. The predicted octanol–water partition coefficient (Wildman–Crippen LogP) is 13.4. The minimum absolute atomic E-state index is 0.0190. The molecule has 2 saturated carbocycles. The first kappa shape index (κ1) is 106. The summed E-state index contributed by atoms with van der Waals surface area (Å²) >= 11 is 17.6. The van der Waals surface area contributed by atoms with Gasteiger partial charge in [0.1, 0.15) is 58.2 Å². The van der Waals surface area contributed by atoms with Crippen LogP contribution in [0.1, 0.15) is 144 Å². The van der Waals surface area contributed by atoms with Gasteiger partial charge in [-0.15, -0.1) is 0 Å². The number of nitrogens with one attached hydrogen (secondary N) is 9. The highest BCUT2D eigenvalue weighted by Gasteiger charge is 2.31. The molecule has 14 N–H and O–H groups in total. The van der Waals surface area contributed by atoms with Crippen molar-refractivity contribution in [1.82, 2.24) is 77.9 Å². The smallest absolute Gasteiger partial charge is 0.238 e. The van der Waals surface area contributed by atoms with E-state index in [1.165, 1.54) is 50.0 Å². The van der Waals surface area contributed by atoms with Gasteiger partial charge in [0.25, 0.3) is 0 Å². The number of fused-ring (bicyclic) bond motifs is 5. The SMILES string of the molecule is CC(C)[C@@H](CO)Nc1cc(NCc2ccc(NC(=O)CN(C)C)cc2)n2ncc(Br)c2n1.[O-][n+]1cccc(CNc2cc(N3CCCC[C@@H]3CCO)nc3c(Br)cnn23)c1.[O-][n+]1cccc(CNc2cc(N3CCCC[C@H]3CCO)nc3c(Br)cnn23)c1.[O-][n+]1cccc(CNc2cc(N[C@@H]3CCCC[C@@H]3CO)nc3c(Br)cnn23)c1.[O-][n+]1cccc(CNc2cc(N[C@H]3CCCC[C@H]3CO)nc3c(Br)cnn23)c1. The van der Waals surface area contributed by atoms with E-state index < -0.39 is 0 Å². The summed E-state index contributed by atoms with van der Waals surface area (Å²) in [6.07, 6.45) is 37.5. The van der Waals surface area contributed by atoms with Crippen molar-refractivity contribution in [3.05, 3.63) is 255 Å².